The van der Waals surface area contributed by atoms with Crippen LogP contribution >= 0.6 is 0 Å². The summed E-state index contributed by atoms with van der Waals surface area (Å²) in [6, 6.07) is 9.33. The van der Waals surface area contributed by atoms with E-state index in [4.69, 9.17) is 10.5 Å². The molecule has 0 aromatic heterocycles. The molecule has 0 bridgehead atoms. The molecule has 2 N–H and O–H groups in total. The zero-order valence-electron chi connectivity index (χ0n) is 10.6. The highest BCUT2D eigenvalue weighted by Crippen LogP contribution is 2.14. The smallest absolute Gasteiger partial charge is 0.307 e. The van der Waals surface area contributed by atoms with Crippen LogP contribution in [0, 0.1) is 5.92 Å². The topological polar surface area (TPSA) is 52.3 Å². The summed E-state index contributed by atoms with van der Waals surface area (Å²) in [7, 11) is 0. The molecule has 94 valence electrons. The summed E-state index contributed by atoms with van der Waals surface area (Å²) in [5.74, 6) is 0.326. The van der Waals surface area contributed by atoms with E-state index in [1.54, 1.807) is 0 Å². The number of hydrogen-bond donors (Lipinski definition) is 1. The summed E-state index contributed by atoms with van der Waals surface area (Å²) >= 11 is 0. The number of esters is 1. The maximum atomic E-state index is 11.5. The van der Waals surface area contributed by atoms with E-state index >= 15 is 0 Å². The average molecular weight is 235 g/mol. The van der Waals surface area contributed by atoms with Crippen LogP contribution < -0.4 is 5.73 Å². The third-order valence-corrected chi connectivity index (χ3v) is 2.57. The van der Waals surface area contributed by atoms with Gasteiger partial charge in [0.25, 0.3) is 0 Å². The van der Waals surface area contributed by atoms with Crippen molar-refractivity contribution in [2.45, 2.75) is 32.7 Å². The first kappa shape index (κ1) is 13.7. The van der Waals surface area contributed by atoms with Gasteiger partial charge in [0.15, 0.2) is 0 Å². The highest BCUT2D eigenvalue weighted by molar-refractivity contribution is 5.70. The van der Waals surface area contributed by atoms with Gasteiger partial charge in [0, 0.05) is 6.04 Å². The third kappa shape index (κ3) is 5.50. The fourth-order valence-electron chi connectivity index (χ4n) is 1.47. The van der Waals surface area contributed by atoms with Crippen molar-refractivity contribution in [1.82, 2.24) is 0 Å². The van der Waals surface area contributed by atoms with Gasteiger partial charge in [-0.3, -0.25) is 4.79 Å². The molecular formula is C14H21NO2. The molecule has 0 aliphatic rings. The van der Waals surface area contributed by atoms with Crippen molar-refractivity contribution in [3.63, 3.8) is 0 Å². The van der Waals surface area contributed by atoms with Crippen LogP contribution in [0.4, 0.5) is 0 Å². The molecule has 0 saturated heterocycles. The molecule has 0 aliphatic carbocycles. The lowest BCUT2D eigenvalue weighted by Gasteiger charge is -2.12. The van der Waals surface area contributed by atoms with Gasteiger partial charge in [-0.05, 0) is 17.9 Å². The van der Waals surface area contributed by atoms with Gasteiger partial charge >= 0.3 is 5.97 Å². The summed E-state index contributed by atoms with van der Waals surface area (Å²) in [6.45, 7) is 4.69. The molecule has 1 rings (SSSR count). The van der Waals surface area contributed by atoms with Crippen molar-refractivity contribution in [2.24, 2.45) is 11.7 Å². The Kier molecular flexibility index (Phi) is 5.70. The van der Waals surface area contributed by atoms with Crippen molar-refractivity contribution < 1.29 is 9.53 Å². The Hall–Kier alpha value is -1.35. The minimum atomic E-state index is -0.275. The molecule has 1 atom stereocenters. The number of hydrogen-bond acceptors (Lipinski definition) is 3. The molecule has 1 aromatic carbocycles. The third-order valence-electron chi connectivity index (χ3n) is 2.57. The van der Waals surface area contributed by atoms with Crippen LogP contribution in [-0.4, -0.2) is 12.6 Å². The first-order valence-corrected chi connectivity index (χ1v) is 6.05. The van der Waals surface area contributed by atoms with Crippen molar-refractivity contribution in [3.8, 4) is 0 Å². The fraction of sp³-hybridized carbons (Fsp3) is 0.500. The second-order valence-corrected chi connectivity index (χ2v) is 4.62. The van der Waals surface area contributed by atoms with E-state index < -0.39 is 0 Å². The predicted octanol–water partition coefficient (Wildman–Crippen LogP) is 2.67. The van der Waals surface area contributed by atoms with E-state index in [2.05, 4.69) is 13.8 Å². The van der Waals surface area contributed by atoms with E-state index in [1.165, 1.54) is 0 Å². The molecule has 0 spiro atoms. The lowest BCUT2D eigenvalue weighted by Crippen LogP contribution is -2.17. The lowest BCUT2D eigenvalue weighted by molar-refractivity contribution is -0.144. The minimum Gasteiger partial charge on any atom is -0.466 e. The Bertz CT molecular complexity index is 335. The molecule has 17 heavy (non-hydrogen) atoms. The van der Waals surface area contributed by atoms with Crippen molar-refractivity contribution >= 4 is 5.97 Å². The molecule has 0 amide bonds. The van der Waals surface area contributed by atoms with Gasteiger partial charge < -0.3 is 10.5 Å². The molecule has 0 saturated carbocycles. The monoisotopic (exact) mass is 235 g/mol. The van der Waals surface area contributed by atoms with Gasteiger partial charge in [-0.1, -0.05) is 44.2 Å². The Balaban J connectivity index is 2.31. The quantitative estimate of drug-likeness (QED) is 0.771. The Labute approximate surface area is 103 Å². The largest absolute Gasteiger partial charge is 0.466 e. The molecule has 0 fully saturated rings. The Morgan fingerprint density at radius 1 is 1.29 bits per heavy atom. The number of carbonyl (C=O) groups excluding carboxylic acids is 1. The molecular weight excluding hydrogens is 214 g/mol. The Morgan fingerprint density at radius 3 is 2.53 bits per heavy atom. The number of rotatable bonds is 6. The molecule has 0 radical (unpaired) electrons. The fourth-order valence-corrected chi connectivity index (χ4v) is 1.47. The van der Waals surface area contributed by atoms with Crippen molar-refractivity contribution in [3.05, 3.63) is 35.9 Å². The van der Waals surface area contributed by atoms with Crippen LogP contribution in [0.2, 0.25) is 0 Å². The molecule has 1 unspecified atom stereocenters. The van der Waals surface area contributed by atoms with E-state index in [0.29, 0.717) is 12.5 Å². The zero-order valence-corrected chi connectivity index (χ0v) is 10.6. The summed E-state index contributed by atoms with van der Waals surface area (Å²) < 4.78 is 5.13. The average Bonchev–Trinajstić information content (AvgIpc) is 2.29. The molecule has 3 heteroatoms. The zero-order chi connectivity index (χ0) is 12.7. The SMILES string of the molecule is CC(C)CCOC(=O)CC(N)c1ccccc1. The maximum absolute atomic E-state index is 11.5. The number of ether oxygens (including phenoxy) is 1. The maximum Gasteiger partial charge on any atom is 0.307 e. The van der Waals surface area contributed by atoms with Gasteiger partial charge in [-0.25, -0.2) is 0 Å². The highest BCUT2D eigenvalue weighted by atomic mass is 16.5. The Morgan fingerprint density at radius 2 is 1.94 bits per heavy atom. The van der Waals surface area contributed by atoms with Crippen molar-refractivity contribution in [2.75, 3.05) is 6.61 Å². The van der Waals surface area contributed by atoms with E-state index in [9.17, 15) is 4.79 Å². The van der Waals surface area contributed by atoms with Gasteiger partial charge in [0.2, 0.25) is 0 Å². The van der Waals surface area contributed by atoms with Crippen LogP contribution in [0.5, 0.6) is 0 Å². The summed E-state index contributed by atoms with van der Waals surface area (Å²) in [4.78, 5) is 11.5. The summed E-state index contributed by atoms with van der Waals surface area (Å²) in [6.07, 6.45) is 1.13. The molecule has 0 aliphatic heterocycles. The normalized spacial score (nSPS) is 12.5. The van der Waals surface area contributed by atoms with E-state index in [-0.39, 0.29) is 18.4 Å². The van der Waals surface area contributed by atoms with E-state index in [0.717, 1.165) is 12.0 Å². The lowest BCUT2D eigenvalue weighted by atomic mass is 10.1. The molecule has 0 heterocycles. The standard InChI is InChI=1S/C14H21NO2/c1-11(2)8-9-17-14(16)10-13(15)12-6-4-3-5-7-12/h3-7,11,13H,8-10,15H2,1-2H3. The van der Waals surface area contributed by atoms with Crippen LogP contribution in [0.1, 0.15) is 38.3 Å². The summed E-state index contributed by atoms with van der Waals surface area (Å²) in [5.41, 5.74) is 6.89. The van der Waals surface area contributed by atoms with Crippen LogP contribution in [0.3, 0.4) is 0 Å². The van der Waals surface area contributed by atoms with Crippen LogP contribution in [0.15, 0.2) is 30.3 Å². The first-order valence-electron chi connectivity index (χ1n) is 6.05. The van der Waals surface area contributed by atoms with Gasteiger partial charge in [0.1, 0.15) is 0 Å². The number of benzene rings is 1. The highest BCUT2D eigenvalue weighted by Gasteiger charge is 2.12. The summed E-state index contributed by atoms with van der Waals surface area (Å²) in [5, 5.41) is 0. The minimum absolute atomic E-state index is 0.220. The first-order chi connectivity index (χ1) is 8.09. The van der Waals surface area contributed by atoms with Gasteiger partial charge in [-0.15, -0.1) is 0 Å². The predicted molar refractivity (Wildman–Crippen MR) is 68.4 cm³/mol. The second-order valence-electron chi connectivity index (χ2n) is 4.62. The molecule has 3 nitrogen and oxygen atoms in total. The second kappa shape index (κ2) is 7.07. The van der Waals surface area contributed by atoms with Gasteiger partial charge in [0.05, 0.1) is 13.0 Å². The van der Waals surface area contributed by atoms with Crippen LogP contribution in [-0.2, 0) is 9.53 Å². The van der Waals surface area contributed by atoms with Crippen LogP contribution in [0.25, 0.3) is 0 Å². The van der Waals surface area contributed by atoms with E-state index in [1.807, 2.05) is 30.3 Å². The van der Waals surface area contributed by atoms with Crippen molar-refractivity contribution in [1.29, 1.82) is 0 Å². The molecule has 1 aromatic rings. The number of nitrogens with two attached hydrogens (primary N) is 1. The van der Waals surface area contributed by atoms with Gasteiger partial charge in [-0.2, -0.15) is 0 Å². The number of carbonyl (C=O) groups is 1.